The Hall–Kier alpha value is -2.96. The van der Waals surface area contributed by atoms with Crippen molar-refractivity contribution in [2.45, 2.75) is 20.0 Å². The van der Waals surface area contributed by atoms with E-state index in [1.54, 1.807) is 31.2 Å². The summed E-state index contributed by atoms with van der Waals surface area (Å²) in [5.74, 6) is -1.00. The van der Waals surface area contributed by atoms with Crippen LogP contribution in [0.1, 0.15) is 16.7 Å². The molecule has 0 heterocycles. The molecule has 0 fully saturated rings. The third-order valence-electron chi connectivity index (χ3n) is 3.49. The van der Waals surface area contributed by atoms with Crippen LogP contribution < -0.4 is 16.0 Å². The summed E-state index contributed by atoms with van der Waals surface area (Å²) in [6.07, 6.45) is 0. The molecule has 0 atom stereocenters. The van der Waals surface area contributed by atoms with Crippen molar-refractivity contribution in [1.29, 1.82) is 0 Å². The smallest absolute Gasteiger partial charge is 0.315 e. The van der Waals surface area contributed by atoms with Gasteiger partial charge in [0.15, 0.2) is 0 Å². The number of carbonyl (C=O) groups is 2. The third-order valence-corrected chi connectivity index (χ3v) is 3.49. The lowest BCUT2D eigenvalue weighted by molar-refractivity contribution is -0.120. The summed E-state index contributed by atoms with van der Waals surface area (Å²) in [4.78, 5) is 23.3. The number of rotatable bonds is 6. The highest BCUT2D eigenvalue weighted by molar-refractivity contribution is 5.83. The molecule has 25 heavy (non-hydrogen) atoms. The summed E-state index contributed by atoms with van der Waals surface area (Å²) >= 11 is 0. The lowest BCUT2D eigenvalue weighted by atomic mass is 10.1. The van der Waals surface area contributed by atoms with E-state index in [2.05, 4.69) is 16.0 Å². The molecule has 132 valence electrons. The minimum Gasteiger partial charge on any atom is -0.350 e. The van der Waals surface area contributed by atoms with Gasteiger partial charge >= 0.3 is 6.03 Å². The number of halogens is 2. The van der Waals surface area contributed by atoms with Crippen LogP contribution in [0.2, 0.25) is 0 Å². The van der Waals surface area contributed by atoms with E-state index in [4.69, 9.17) is 0 Å². The van der Waals surface area contributed by atoms with Crippen molar-refractivity contribution in [2.75, 3.05) is 6.54 Å². The fourth-order valence-corrected chi connectivity index (χ4v) is 2.09. The molecule has 0 aliphatic heterocycles. The monoisotopic (exact) mass is 347 g/mol. The molecule has 7 heteroatoms. The highest BCUT2D eigenvalue weighted by atomic mass is 19.1. The molecule has 0 saturated carbocycles. The summed E-state index contributed by atoms with van der Waals surface area (Å²) < 4.78 is 25.9. The van der Waals surface area contributed by atoms with Gasteiger partial charge in [0.05, 0.1) is 6.54 Å². The van der Waals surface area contributed by atoms with Crippen LogP contribution in [0, 0.1) is 18.6 Å². The average molecular weight is 347 g/mol. The topological polar surface area (TPSA) is 70.2 Å². The van der Waals surface area contributed by atoms with Gasteiger partial charge in [-0.05, 0) is 41.8 Å². The van der Waals surface area contributed by atoms with Crippen molar-refractivity contribution < 1.29 is 18.4 Å². The zero-order valence-electron chi connectivity index (χ0n) is 13.7. The first kappa shape index (κ1) is 18.4. The van der Waals surface area contributed by atoms with Gasteiger partial charge in [-0.1, -0.05) is 24.3 Å². The van der Waals surface area contributed by atoms with E-state index in [-0.39, 0.29) is 37.2 Å². The first-order valence-corrected chi connectivity index (χ1v) is 7.72. The summed E-state index contributed by atoms with van der Waals surface area (Å²) in [5.41, 5.74) is 2.02. The van der Waals surface area contributed by atoms with Crippen LogP contribution >= 0.6 is 0 Å². The van der Waals surface area contributed by atoms with Crippen molar-refractivity contribution in [3.8, 4) is 0 Å². The van der Waals surface area contributed by atoms with Gasteiger partial charge in [-0.2, -0.15) is 0 Å². The minimum absolute atomic E-state index is 0.185. The summed E-state index contributed by atoms with van der Waals surface area (Å²) in [6, 6.07) is 9.82. The molecule has 0 spiro atoms. The van der Waals surface area contributed by atoms with E-state index < -0.39 is 6.03 Å². The molecule has 2 aromatic rings. The highest BCUT2D eigenvalue weighted by Gasteiger charge is 2.06. The number of amides is 3. The number of nitrogens with one attached hydrogen (secondary N) is 3. The molecular formula is C18H19F2N3O2. The Labute approximate surface area is 144 Å². The van der Waals surface area contributed by atoms with Gasteiger partial charge in [-0.3, -0.25) is 4.79 Å². The van der Waals surface area contributed by atoms with Crippen LogP contribution in [0.15, 0.2) is 42.5 Å². The fourth-order valence-electron chi connectivity index (χ4n) is 2.09. The molecule has 3 amide bonds. The number of aryl methyl sites for hydroxylation is 1. The van der Waals surface area contributed by atoms with Crippen LogP contribution in [-0.2, 0) is 17.9 Å². The Bertz CT molecular complexity index is 748. The summed E-state index contributed by atoms with van der Waals surface area (Å²) in [5, 5.41) is 7.63. The number of urea groups is 1. The number of benzene rings is 2. The number of hydrogen-bond donors (Lipinski definition) is 3. The summed E-state index contributed by atoms with van der Waals surface area (Å²) in [7, 11) is 0. The number of hydrogen-bond acceptors (Lipinski definition) is 2. The van der Waals surface area contributed by atoms with E-state index >= 15 is 0 Å². The molecule has 0 radical (unpaired) electrons. The average Bonchev–Trinajstić information content (AvgIpc) is 2.60. The lowest BCUT2D eigenvalue weighted by Crippen LogP contribution is -2.41. The minimum atomic E-state index is -0.503. The van der Waals surface area contributed by atoms with E-state index in [9.17, 15) is 18.4 Å². The Kier molecular flexibility index (Phi) is 6.45. The van der Waals surface area contributed by atoms with Gasteiger partial charge in [0.2, 0.25) is 5.91 Å². The standard InChI is InChI=1S/C18H19F2N3O2/c1-12-8-14(4-7-16(12)20)10-21-17(24)11-23-18(25)22-9-13-2-5-15(19)6-3-13/h2-8H,9-11H2,1H3,(H,21,24)(H2,22,23,25). The molecule has 0 unspecified atom stereocenters. The van der Waals surface area contributed by atoms with Gasteiger partial charge in [0.1, 0.15) is 11.6 Å². The number of carbonyl (C=O) groups excluding carboxylic acids is 2. The second kappa shape index (κ2) is 8.77. The SMILES string of the molecule is Cc1cc(CNC(=O)CNC(=O)NCc2ccc(F)cc2)ccc1F. The first-order valence-electron chi connectivity index (χ1n) is 7.72. The van der Waals surface area contributed by atoms with E-state index in [0.29, 0.717) is 5.56 Å². The molecule has 5 nitrogen and oxygen atoms in total. The maximum Gasteiger partial charge on any atom is 0.315 e. The Morgan fingerprint density at radius 2 is 1.52 bits per heavy atom. The second-order valence-corrected chi connectivity index (χ2v) is 5.52. The quantitative estimate of drug-likeness (QED) is 0.751. The maximum atomic E-state index is 13.2. The van der Waals surface area contributed by atoms with Crippen molar-refractivity contribution in [3.63, 3.8) is 0 Å². The van der Waals surface area contributed by atoms with Crippen LogP contribution in [0.4, 0.5) is 13.6 Å². The van der Waals surface area contributed by atoms with Crippen molar-refractivity contribution >= 4 is 11.9 Å². The molecule has 0 bridgehead atoms. The van der Waals surface area contributed by atoms with Crippen LogP contribution in [0.25, 0.3) is 0 Å². The largest absolute Gasteiger partial charge is 0.350 e. The van der Waals surface area contributed by atoms with Crippen molar-refractivity contribution in [1.82, 2.24) is 16.0 Å². The van der Waals surface area contributed by atoms with Crippen LogP contribution in [-0.4, -0.2) is 18.5 Å². The molecule has 0 saturated heterocycles. The maximum absolute atomic E-state index is 13.2. The van der Waals surface area contributed by atoms with Gasteiger partial charge in [-0.25, -0.2) is 13.6 Å². The van der Waals surface area contributed by atoms with Crippen LogP contribution in [0.3, 0.4) is 0 Å². The van der Waals surface area contributed by atoms with Crippen molar-refractivity contribution in [3.05, 3.63) is 70.8 Å². The lowest BCUT2D eigenvalue weighted by Gasteiger charge is -2.09. The molecule has 0 aliphatic carbocycles. The second-order valence-electron chi connectivity index (χ2n) is 5.52. The zero-order valence-corrected chi connectivity index (χ0v) is 13.7. The zero-order chi connectivity index (χ0) is 18.2. The predicted octanol–water partition coefficient (Wildman–Crippen LogP) is 2.39. The molecule has 0 aromatic heterocycles. The third kappa shape index (κ3) is 6.21. The van der Waals surface area contributed by atoms with Gasteiger partial charge in [-0.15, -0.1) is 0 Å². The van der Waals surface area contributed by atoms with E-state index in [1.165, 1.54) is 18.2 Å². The van der Waals surface area contributed by atoms with Crippen LogP contribution in [0.5, 0.6) is 0 Å². The van der Waals surface area contributed by atoms with Gasteiger partial charge in [0.25, 0.3) is 0 Å². The van der Waals surface area contributed by atoms with Gasteiger partial charge in [0, 0.05) is 13.1 Å². The Morgan fingerprint density at radius 1 is 0.880 bits per heavy atom. The van der Waals surface area contributed by atoms with Crippen molar-refractivity contribution in [2.24, 2.45) is 0 Å². The molecular weight excluding hydrogens is 328 g/mol. The van der Waals surface area contributed by atoms with Gasteiger partial charge < -0.3 is 16.0 Å². The fraction of sp³-hybridized carbons (Fsp3) is 0.222. The summed E-state index contributed by atoms with van der Waals surface area (Å²) in [6.45, 7) is 1.94. The predicted molar refractivity (Wildman–Crippen MR) is 89.6 cm³/mol. The Morgan fingerprint density at radius 3 is 2.20 bits per heavy atom. The highest BCUT2D eigenvalue weighted by Crippen LogP contribution is 2.08. The normalized spacial score (nSPS) is 10.2. The Balaban J connectivity index is 1.67. The van der Waals surface area contributed by atoms with E-state index in [0.717, 1.165) is 11.1 Å². The van der Waals surface area contributed by atoms with E-state index in [1.807, 2.05) is 0 Å². The molecule has 0 aliphatic rings. The first-order chi connectivity index (χ1) is 11.9. The molecule has 3 N–H and O–H groups in total. The molecule has 2 rings (SSSR count). The molecule has 2 aromatic carbocycles.